The zero-order valence-corrected chi connectivity index (χ0v) is 13.6. The molecule has 7 heteroatoms. The lowest BCUT2D eigenvalue weighted by Gasteiger charge is -2.27. The van der Waals surface area contributed by atoms with Crippen LogP contribution in [0.3, 0.4) is 0 Å². The van der Waals surface area contributed by atoms with Crippen LogP contribution in [-0.4, -0.2) is 18.5 Å². The molecular weight excluding hydrogens is 316 g/mol. The van der Waals surface area contributed by atoms with Crippen LogP contribution in [0.1, 0.15) is 31.2 Å². The maximum atomic E-state index is 12.2. The predicted octanol–water partition coefficient (Wildman–Crippen LogP) is 2.17. The summed E-state index contributed by atoms with van der Waals surface area (Å²) in [5.41, 5.74) is 5.64. The number of benzene rings is 1. The summed E-state index contributed by atoms with van der Waals surface area (Å²) in [7, 11) is 0. The van der Waals surface area contributed by atoms with Crippen molar-refractivity contribution in [2.24, 2.45) is 17.6 Å². The topological polar surface area (TPSA) is 112 Å². The SMILES string of the molecule is Cl.N#Cc1ccccc1OC(=O)C1CCC(CNC(=N)N)CC1. The second-order valence-corrected chi connectivity index (χ2v) is 5.54. The molecule has 6 nitrogen and oxygen atoms in total. The van der Waals surface area contributed by atoms with Crippen LogP contribution in [0.5, 0.6) is 5.75 Å². The molecule has 0 radical (unpaired) electrons. The standard InChI is InChI=1S/C16H20N4O2.ClH/c17-9-13-3-1-2-4-14(13)22-15(21)12-7-5-11(6-8-12)10-20-16(18)19;/h1-4,11-12H,5-8,10H2,(H4,18,19,20);1H. The van der Waals surface area contributed by atoms with Crippen LogP contribution in [-0.2, 0) is 4.79 Å². The van der Waals surface area contributed by atoms with E-state index in [1.54, 1.807) is 24.3 Å². The number of nitrogens with one attached hydrogen (secondary N) is 2. The third-order valence-corrected chi connectivity index (χ3v) is 3.98. The molecule has 1 aliphatic rings. The van der Waals surface area contributed by atoms with E-state index >= 15 is 0 Å². The van der Waals surface area contributed by atoms with Gasteiger partial charge in [0.25, 0.3) is 0 Å². The maximum Gasteiger partial charge on any atom is 0.314 e. The highest BCUT2D eigenvalue weighted by atomic mass is 35.5. The number of guanidine groups is 1. The molecule has 23 heavy (non-hydrogen) atoms. The molecule has 1 aromatic carbocycles. The van der Waals surface area contributed by atoms with Gasteiger partial charge in [-0.2, -0.15) is 5.26 Å². The molecule has 2 rings (SSSR count). The zero-order valence-electron chi connectivity index (χ0n) is 12.7. The van der Waals surface area contributed by atoms with E-state index in [4.69, 9.17) is 21.1 Å². The summed E-state index contributed by atoms with van der Waals surface area (Å²) >= 11 is 0. The van der Waals surface area contributed by atoms with Crippen molar-refractivity contribution < 1.29 is 9.53 Å². The number of rotatable bonds is 4. The average Bonchev–Trinajstić information content (AvgIpc) is 2.54. The number of hydrogen-bond acceptors (Lipinski definition) is 4. The van der Waals surface area contributed by atoms with Gasteiger partial charge in [-0.05, 0) is 43.7 Å². The van der Waals surface area contributed by atoms with Crippen LogP contribution in [0.2, 0.25) is 0 Å². The Hall–Kier alpha value is -2.26. The fraction of sp³-hybridized carbons (Fsp3) is 0.438. The first kappa shape index (κ1) is 18.8. The van der Waals surface area contributed by atoms with Crippen LogP contribution in [0.15, 0.2) is 24.3 Å². The molecule has 4 N–H and O–H groups in total. The monoisotopic (exact) mass is 336 g/mol. The molecule has 1 aromatic rings. The van der Waals surface area contributed by atoms with Gasteiger partial charge in [0, 0.05) is 6.54 Å². The number of carbonyl (C=O) groups is 1. The molecule has 0 unspecified atom stereocenters. The van der Waals surface area contributed by atoms with Gasteiger partial charge in [-0.1, -0.05) is 12.1 Å². The molecule has 1 fully saturated rings. The van der Waals surface area contributed by atoms with Gasteiger partial charge in [0.1, 0.15) is 11.8 Å². The second-order valence-electron chi connectivity index (χ2n) is 5.54. The van der Waals surface area contributed by atoms with Crippen LogP contribution in [0.4, 0.5) is 0 Å². The van der Waals surface area contributed by atoms with E-state index in [2.05, 4.69) is 5.32 Å². The fourth-order valence-corrected chi connectivity index (χ4v) is 2.70. The lowest BCUT2D eigenvalue weighted by molar-refractivity contribution is -0.140. The number of carbonyl (C=O) groups excluding carboxylic acids is 1. The van der Waals surface area contributed by atoms with E-state index in [0.29, 0.717) is 23.8 Å². The number of para-hydroxylation sites is 1. The van der Waals surface area contributed by atoms with Gasteiger partial charge < -0.3 is 15.8 Å². The Morgan fingerprint density at radius 1 is 1.35 bits per heavy atom. The van der Waals surface area contributed by atoms with Crippen molar-refractivity contribution in [2.75, 3.05) is 6.54 Å². The second kappa shape index (κ2) is 9.01. The minimum Gasteiger partial charge on any atom is -0.425 e. The summed E-state index contributed by atoms with van der Waals surface area (Å²) in [6.07, 6.45) is 3.33. The number of nitrogens with two attached hydrogens (primary N) is 1. The Morgan fingerprint density at radius 3 is 2.61 bits per heavy atom. The Morgan fingerprint density at radius 2 is 2.00 bits per heavy atom. The molecule has 1 saturated carbocycles. The number of esters is 1. The first-order chi connectivity index (χ1) is 10.6. The average molecular weight is 337 g/mol. The van der Waals surface area contributed by atoms with Crippen molar-refractivity contribution in [3.63, 3.8) is 0 Å². The smallest absolute Gasteiger partial charge is 0.314 e. The van der Waals surface area contributed by atoms with E-state index in [9.17, 15) is 4.79 Å². The highest BCUT2D eigenvalue weighted by Gasteiger charge is 2.28. The first-order valence-electron chi connectivity index (χ1n) is 7.39. The Kier molecular flexibility index (Phi) is 7.36. The molecule has 0 atom stereocenters. The first-order valence-corrected chi connectivity index (χ1v) is 7.39. The quantitative estimate of drug-likeness (QED) is 0.337. The van der Waals surface area contributed by atoms with E-state index in [-0.39, 0.29) is 30.3 Å². The number of nitrogens with zero attached hydrogens (tertiary/aromatic N) is 1. The molecule has 0 spiro atoms. The Balaban J connectivity index is 0.00000264. The van der Waals surface area contributed by atoms with E-state index < -0.39 is 0 Å². The largest absolute Gasteiger partial charge is 0.425 e. The van der Waals surface area contributed by atoms with E-state index in [1.807, 2.05) is 6.07 Å². The van der Waals surface area contributed by atoms with E-state index in [1.165, 1.54) is 0 Å². The van der Waals surface area contributed by atoms with Crippen molar-refractivity contribution in [3.8, 4) is 11.8 Å². The van der Waals surface area contributed by atoms with Crippen molar-refractivity contribution in [1.29, 1.82) is 10.7 Å². The van der Waals surface area contributed by atoms with Crippen LogP contribution >= 0.6 is 12.4 Å². The molecule has 0 saturated heterocycles. The van der Waals surface area contributed by atoms with Gasteiger partial charge in [-0.25, -0.2) is 0 Å². The summed E-state index contributed by atoms with van der Waals surface area (Å²) in [4.78, 5) is 12.2. The lowest BCUT2D eigenvalue weighted by atomic mass is 9.82. The number of halogens is 1. The van der Waals surface area contributed by atoms with Gasteiger partial charge in [0.2, 0.25) is 0 Å². The molecule has 1 aliphatic carbocycles. The number of hydrogen-bond donors (Lipinski definition) is 3. The third-order valence-electron chi connectivity index (χ3n) is 3.98. The zero-order chi connectivity index (χ0) is 15.9. The summed E-state index contributed by atoms with van der Waals surface area (Å²) < 4.78 is 5.38. The molecule has 0 bridgehead atoms. The minimum atomic E-state index is -0.263. The third kappa shape index (κ3) is 5.46. The summed E-state index contributed by atoms with van der Waals surface area (Å²) in [6.45, 7) is 0.675. The van der Waals surface area contributed by atoms with Gasteiger partial charge >= 0.3 is 5.97 Å². The van der Waals surface area contributed by atoms with Gasteiger partial charge in [0.05, 0.1) is 11.5 Å². The predicted molar refractivity (Wildman–Crippen MR) is 89.4 cm³/mol. The van der Waals surface area contributed by atoms with Gasteiger partial charge in [0.15, 0.2) is 5.96 Å². The summed E-state index contributed by atoms with van der Waals surface area (Å²) in [6, 6.07) is 8.77. The summed E-state index contributed by atoms with van der Waals surface area (Å²) in [5.74, 6) is 0.352. The van der Waals surface area contributed by atoms with Crippen molar-refractivity contribution in [3.05, 3.63) is 29.8 Å². The van der Waals surface area contributed by atoms with Gasteiger partial charge in [-0.15, -0.1) is 12.4 Å². The number of ether oxygens (including phenoxy) is 1. The Bertz CT molecular complexity index is 592. The van der Waals surface area contributed by atoms with Crippen molar-refractivity contribution in [2.45, 2.75) is 25.7 Å². The maximum absolute atomic E-state index is 12.2. The molecule has 0 amide bonds. The van der Waals surface area contributed by atoms with Gasteiger partial charge in [-0.3, -0.25) is 10.2 Å². The molecule has 0 heterocycles. The van der Waals surface area contributed by atoms with Crippen LogP contribution in [0.25, 0.3) is 0 Å². The van der Waals surface area contributed by atoms with E-state index in [0.717, 1.165) is 25.7 Å². The lowest BCUT2D eigenvalue weighted by Crippen LogP contribution is -2.36. The molecule has 0 aromatic heterocycles. The van der Waals surface area contributed by atoms with Crippen molar-refractivity contribution >= 4 is 24.3 Å². The van der Waals surface area contributed by atoms with Crippen LogP contribution < -0.4 is 15.8 Å². The fourth-order valence-electron chi connectivity index (χ4n) is 2.70. The minimum absolute atomic E-state index is 0. The highest BCUT2D eigenvalue weighted by molar-refractivity contribution is 5.85. The molecule has 0 aliphatic heterocycles. The Labute approximate surface area is 141 Å². The molecular formula is C16H21ClN4O2. The normalized spacial score (nSPS) is 19.8. The van der Waals surface area contributed by atoms with Crippen molar-refractivity contribution in [1.82, 2.24) is 5.32 Å². The number of nitriles is 1. The summed E-state index contributed by atoms with van der Waals surface area (Å²) in [5, 5.41) is 19.0. The van der Waals surface area contributed by atoms with Crippen LogP contribution in [0, 0.1) is 28.6 Å². The highest BCUT2D eigenvalue weighted by Crippen LogP contribution is 2.30. The molecule has 124 valence electrons.